The number of amides is 2. The van der Waals surface area contributed by atoms with Crippen molar-refractivity contribution in [1.82, 2.24) is 0 Å². The highest BCUT2D eigenvalue weighted by atomic mass is 16.5. The van der Waals surface area contributed by atoms with Crippen LogP contribution >= 0.6 is 0 Å². The van der Waals surface area contributed by atoms with E-state index in [-0.39, 0.29) is 11.7 Å². The summed E-state index contributed by atoms with van der Waals surface area (Å²) < 4.78 is 5.39. The number of benzene rings is 3. The first-order valence-electron chi connectivity index (χ1n) is 9.54. The van der Waals surface area contributed by atoms with Gasteiger partial charge in [-0.2, -0.15) is 0 Å². The van der Waals surface area contributed by atoms with Gasteiger partial charge in [0.15, 0.2) is 5.84 Å². The van der Waals surface area contributed by atoms with Crippen LogP contribution in [0.1, 0.15) is 33.2 Å². The number of oxime groups is 1. The van der Waals surface area contributed by atoms with Crippen LogP contribution in [0.15, 0.2) is 78.0 Å². The lowest BCUT2D eigenvalue weighted by Gasteiger charge is -2.13. The van der Waals surface area contributed by atoms with Crippen LogP contribution in [0, 0.1) is 0 Å². The molecule has 0 heterocycles. The van der Waals surface area contributed by atoms with E-state index in [1.807, 2.05) is 6.92 Å². The van der Waals surface area contributed by atoms with Crippen molar-refractivity contribution in [2.45, 2.75) is 6.92 Å². The van der Waals surface area contributed by atoms with Crippen molar-refractivity contribution in [3.05, 3.63) is 89.5 Å². The van der Waals surface area contributed by atoms with E-state index in [0.29, 0.717) is 40.4 Å². The lowest BCUT2D eigenvalue weighted by molar-refractivity contribution is 0.101. The van der Waals surface area contributed by atoms with Crippen LogP contribution in [0.5, 0.6) is 5.75 Å². The van der Waals surface area contributed by atoms with E-state index in [4.69, 9.17) is 15.7 Å². The second kappa shape index (κ2) is 9.93. The maximum Gasteiger partial charge on any atom is 0.255 e. The summed E-state index contributed by atoms with van der Waals surface area (Å²) in [5, 5.41) is 17.4. The molecule has 158 valence electrons. The van der Waals surface area contributed by atoms with E-state index in [1.54, 1.807) is 66.7 Å². The molecule has 0 atom stereocenters. The highest BCUT2D eigenvalue weighted by Gasteiger charge is 2.13. The van der Waals surface area contributed by atoms with Gasteiger partial charge in [-0.25, -0.2) is 0 Å². The Balaban J connectivity index is 1.76. The van der Waals surface area contributed by atoms with Crippen molar-refractivity contribution in [1.29, 1.82) is 0 Å². The number of nitrogens with two attached hydrogens (primary N) is 1. The van der Waals surface area contributed by atoms with Gasteiger partial charge in [-0.15, -0.1) is 0 Å². The third-order valence-corrected chi connectivity index (χ3v) is 4.38. The van der Waals surface area contributed by atoms with Gasteiger partial charge in [-0.05, 0) is 55.5 Å². The summed E-state index contributed by atoms with van der Waals surface area (Å²) in [5.41, 5.74) is 7.65. The smallest absolute Gasteiger partial charge is 0.255 e. The summed E-state index contributed by atoms with van der Waals surface area (Å²) in [6.07, 6.45) is 0. The highest BCUT2D eigenvalue weighted by Crippen LogP contribution is 2.23. The van der Waals surface area contributed by atoms with E-state index in [0.717, 1.165) is 0 Å². The van der Waals surface area contributed by atoms with Gasteiger partial charge in [-0.3, -0.25) is 9.59 Å². The van der Waals surface area contributed by atoms with Gasteiger partial charge < -0.3 is 26.3 Å². The van der Waals surface area contributed by atoms with Crippen molar-refractivity contribution < 1.29 is 19.5 Å². The van der Waals surface area contributed by atoms with E-state index in [2.05, 4.69) is 15.8 Å². The summed E-state index contributed by atoms with van der Waals surface area (Å²) >= 11 is 0. The number of carbonyl (C=O) groups excluding carboxylic acids is 2. The number of anilines is 2. The van der Waals surface area contributed by atoms with Crippen molar-refractivity contribution in [3.63, 3.8) is 0 Å². The summed E-state index contributed by atoms with van der Waals surface area (Å²) in [5.74, 6) is -0.146. The summed E-state index contributed by atoms with van der Waals surface area (Å²) in [7, 11) is 0. The largest absolute Gasteiger partial charge is 0.494 e. The first-order chi connectivity index (χ1) is 15.0. The van der Waals surface area contributed by atoms with Crippen molar-refractivity contribution >= 4 is 29.0 Å². The Morgan fingerprint density at radius 1 is 0.871 bits per heavy atom. The van der Waals surface area contributed by atoms with E-state index in [1.165, 1.54) is 6.07 Å². The fraction of sp³-hybridized carbons (Fsp3) is 0.0870. The van der Waals surface area contributed by atoms with E-state index in [9.17, 15) is 9.59 Å². The first-order valence-corrected chi connectivity index (χ1v) is 9.54. The van der Waals surface area contributed by atoms with Gasteiger partial charge in [-0.1, -0.05) is 29.4 Å². The van der Waals surface area contributed by atoms with E-state index < -0.39 is 5.91 Å². The van der Waals surface area contributed by atoms with Gasteiger partial charge in [0.2, 0.25) is 0 Å². The Labute approximate surface area is 179 Å². The molecule has 0 saturated carbocycles. The van der Waals surface area contributed by atoms with Crippen LogP contribution in [0.4, 0.5) is 11.4 Å². The minimum absolute atomic E-state index is 0.0994. The predicted molar refractivity (Wildman–Crippen MR) is 119 cm³/mol. The minimum Gasteiger partial charge on any atom is -0.494 e. The second-order valence-corrected chi connectivity index (χ2v) is 6.48. The van der Waals surface area contributed by atoms with E-state index >= 15 is 0 Å². The predicted octanol–water partition coefficient (Wildman–Crippen LogP) is 3.68. The maximum absolute atomic E-state index is 12.7. The van der Waals surface area contributed by atoms with Crippen LogP contribution in [0.25, 0.3) is 0 Å². The Morgan fingerprint density at radius 2 is 1.45 bits per heavy atom. The molecule has 8 heteroatoms. The van der Waals surface area contributed by atoms with Gasteiger partial charge in [0.1, 0.15) is 5.75 Å². The number of hydrogen-bond acceptors (Lipinski definition) is 5. The number of carbonyl (C=O) groups is 2. The van der Waals surface area contributed by atoms with Gasteiger partial charge in [0.05, 0.1) is 18.0 Å². The number of para-hydroxylation sites is 2. The number of nitrogens with one attached hydrogen (secondary N) is 2. The van der Waals surface area contributed by atoms with Crippen LogP contribution in [-0.4, -0.2) is 29.5 Å². The molecule has 8 nitrogen and oxygen atoms in total. The lowest BCUT2D eigenvalue weighted by Crippen LogP contribution is -2.18. The molecule has 0 bridgehead atoms. The molecule has 0 spiro atoms. The molecule has 0 aromatic heterocycles. The fourth-order valence-electron chi connectivity index (χ4n) is 2.84. The van der Waals surface area contributed by atoms with Crippen LogP contribution in [0.2, 0.25) is 0 Å². The third-order valence-electron chi connectivity index (χ3n) is 4.38. The number of nitrogens with zero attached hydrogens (tertiary/aromatic N) is 1. The number of hydrogen-bond donors (Lipinski definition) is 4. The molecule has 0 saturated heterocycles. The maximum atomic E-state index is 12.7. The quantitative estimate of drug-likeness (QED) is 0.201. The molecule has 3 rings (SSSR count). The molecule has 3 aromatic carbocycles. The zero-order valence-electron chi connectivity index (χ0n) is 16.8. The molecule has 0 aliphatic rings. The zero-order valence-corrected chi connectivity index (χ0v) is 16.8. The Kier molecular flexibility index (Phi) is 6.85. The standard InChI is InChI=1S/C23H22N4O4/c1-2-31-18-12-10-15(11-13-18)22(28)25-19-8-3-4-9-20(19)26-23(29)17-7-5-6-16(14-17)21(24)27-30/h3-14,30H,2H2,1H3,(H2,24,27)(H,25,28)(H,26,29). The monoisotopic (exact) mass is 418 g/mol. The SMILES string of the molecule is CCOc1ccc(C(=O)Nc2ccccc2NC(=O)c2cccc(C(N)=NO)c2)cc1. The molecule has 5 N–H and O–H groups in total. The molecule has 31 heavy (non-hydrogen) atoms. The molecular weight excluding hydrogens is 396 g/mol. The fourth-order valence-corrected chi connectivity index (χ4v) is 2.84. The minimum atomic E-state index is -0.407. The average Bonchev–Trinajstić information content (AvgIpc) is 2.80. The van der Waals surface area contributed by atoms with Crippen LogP contribution < -0.4 is 21.1 Å². The highest BCUT2D eigenvalue weighted by molar-refractivity contribution is 6.10. The molecule has 0 unspecified atom stereocenters. The number of rotatable bonds is 7. The summed E-state index contributed by atoms with van der Waals surface area (Å²) in [4.78, 5) is 25.3. The number of amidine groups is 1. The molecule has 0 aliphatic carbocycles. The Morgan fingerprint density at radius 3 is 2.03 bits per heavy atom. The van der Waals surface area contributed by atoms with Crippen molar-refractivity contribution in [2.24, 2.45) is 10.9 Å². The molecular formula is C23H22N4O4. The molecule has 0 fully saturated rings. The summed E-state index contributed by atoms with van der Waals surface area (Å²) in [6, 6.07) is 20.0. The summed E-state index contributed by atoms with van der Waals surface area (Å²) in [6.45, 7) is 2.43. The van der Waals surface area contributed by atoms with Gasteiger partial charge in [0, 0.05) is 16.7 Å². The molecule has 3 aromatic rings. The molecule has 2 amide bonds. The molecule has 0 aliphatic heterocycles. The average molecular weight is 418 g/mol. The Bertz CT molecular complexity index is 1110. The van der Waals surface area contributed by atoms with Crippen LogP contribution in [0.3, 0.4) is 0 Å². The van der Waals surface area contributed by atoms with Crippen LogP contribution in [-0.2, 0) is 0 Å². The normalized spacial score (nSPS) is 10.9. The zero-order chi connectivity index (χ0) is 22.2. The lowest BCUT2D eigenvalue weighted by atomic mass is 10.1. The topological polar surface area (TPSA) is 126 Å². The van der Waals surface area contributed by atoms with Crippen molar-refractivity contribution in [2.75, 3.05) is 17.2 Å². The first kappa shape index (κ1) is 21.4. The van der Waals surface area contributed by atoms with Crippen molar-refractivity contribution in [3.8, 4) is 5.75 Å². The van der Waals surface area contributed by atoms with Gasteiger partial charge in [0.25, 0.3) is 11.8 Å². The third kappa shape index (κ3) is 5.39. The molecule has 0 radical (unpaired) electrons. The second-order valence-electron chi connectivity index (χ2n) is 6.48. The number of ether oxygens (including phenoxy) is 1. The Hall–Kier alpha value is -4.33. The van der Waals surface area contributed by atoms with Gasteiger partial charge >= 0.3 is 0 Å².